The van der Waals surface area contributed by atoms with E-state index in [9.17, 15) is 5.11 Å². The molecule has 1 unspecified atom stereocenters. The Hall–Kier alpha value is -0.130. The molecule has 0 bridgehead atoms. The van der Waals surface area contributed by atoms with Gasteiger partial charge in [0.1, 0.15) is 0 Å². The summed E-state index contributed by atoms with van der Waals surface area (Å²) in [4.78, 5) is 2.28. The molecule has 5 heteroatoms. The fourth-order valence-corrected chi connectivity index (χ4v) is 2.95. The lowest BCUT2D eigenvalue weighted by molar-refractivity contribution is 0.179. The quantitative estimate of drug-likeness (QED) is 0.830. The number of benzene rings is 1. The molecular weight excluding hydrogens is 328 g/mol. The maximum absolute atomic E-state index is 9.19. The first kappa shape index (κ1) is 15.3. The van der Waals surface area contributed by atoms with E-state index < -0.39 is 0 Å². The summed E-state index contributed by atoms with van der Waals surface area (Å²) in [6, 6.07) is 6.58. The molecule has 0 spiro atoms. The highest BCUT2D eigenvalue weighted by atomic mass is 79.9. The van der Waals surface area contributed by atoms with E-state index in [4.69, 9.17) is 11.6 Å². The lowest BCUT2D eigenvalue weighted by Gasteiger charge is -2.25. The zero-order chi connectivity index (χ0) is 13.7. The van der Waals surface area contributed by atoms with Gasteiger partial charge in [0.05, 0.1) is 11.6 Å². The van der Waals surface area contributed by atoms with Crippen LogP contribution in [0.2, 0.25) is 5.02 Å². The van der Waals surface area contributed by atoms with Crippen LogP contribution >= 0.6 is 27.5 Å². The third-order valence-electron chi connectivity index (χ3n) is 3.45. The minimum absolute atomic E-state index is 0.191. The summed E-state index contributed by atoms with van der Waals surface area (Å²) in [7, 11) is 0. The molecule has 0 amide bonds. The molecule has 3 nitrogen and oxygen atoms in total. The van der Waals surface area contributed by atoms with Crippen molar-refractivity contribution in [2.75, 3.05) is 26.2 Å². The van der Waals surface area contributed by atoms with Crippen LogP contribution in [0.3, 0.4) is 0 Å². The van der Waals surface area contributed by atoms with E-state index >= 15 is 0 Å². The SMILES string of the molecule is OCCN(Cc1ccc(Br)c(Cl)c1)CC1CCCN1. The van der Waals surface area contributed by atoms with E-state index in [0.717, 1.165) is 29.1 Å². The van der Waals surface area contributed by atoms with Gasteiger partial charge in [0.25, 0.3) is 0 Å². The Morgan fingerprint density at radius 3 is 2.95 bits per heavy atom. The normalized spacial score (nSPS) is 19.3. The third-order valence-corrected chi connectivity index (χ3v) is 4.68. The second-order valence-corrected chi connectivity index (χ2v) is 6.26. The Morgan fingerprint density at radius 1 is 1.47 bits per heavy atom. The smallest absolute Gasteiger partial charge is 0.0558 e. The van der Waals surface area contributed by atoms with Crippen LogP contribution in [-0.4, -0.2) is 42.3 Å². The van der Waals surface area contributed by atoms with Gasteiger partial charge < -0.3 is 10.4 Å². The van der Waals surface area contributed by atoms with Gasteiger partial charge in [-0.25, -0.2) is 0 Å². The molecule has 106 valence electrons. The zero-order valence-corrected chi connectivity index (χ0v) is 13.3. The molecule has 1 fully saturated rings. The van der Waals surface area contributed by atoms with Crippen LogP contribution in [0.1, 0.15) is 18.4 Å². The zero-order valence-electron chi connectivity index (χ0n) is 10.9. The van der Waals surface area contributed by atoms with Gasteiger partial charge in [-0.3, -0.25) is 4.90 Å². The summed E-state index contributed by atoms with van der Waals surface area (Å²) in [5.74, 6) is 0. The first-order chi connectivity index (χ1) is 9.19. The number of aliphatic hydroxyl groups excluding tert-OH is 1. The van der Waals surface area contributed by atoms with Crippen molar-refractivity contribution in [3.63, 3.8) is 0 Å². The van der Waals surface area contributed by atoms with Crippen molar-refractivity contribution < 1.29 is 5.11 Å². The Labute approximate surface area is 128 Å². The number of hydrogen-bond acceptors (Lipinski definition) is 3. The molecule has 0 radical (unpaired) electrons. The lowest BCUT2D eigenvalue weighted by Crippen LogP contribution is -2.38. The number of halogens is 2. The molecule has 0 aliphatic carbocycles. The highest BCUT2D eigenvalue weighted by Crippen LogP contribution is 2.24. The van der Waals surface area contributed by atoms with E-state index in [-0.39, 0.29) is 6.61 Å². The first-order valence-corrected chi connectivity index (χ1v) is 7.86. The predicted molar refractivity (Wildman–Crippen MR) is 82.5 cm³/mol. The summed E-state index contributed by atoms with van der Waals surface area (Å²) >= 11 is 9.52. The van der Waals surface area contributed by atoms with Crippen LogP contribution in [-0.2, 0) is 6.54 Å². The summed E-state index contributed by atoms with van der Waals surface area (Å²) in [6.07, 6.45) is 2.48. The van der Waals surface area contributed by atoms with Gasteiger partial charge in [0.15, 0.2) is 0 Å². The van der Waals surface area contributed by atoms with E-state index in [1.165, 1.54) is 18.4 Å². The maximum atomic E-state index is 9.19. The molecule has 1 saturated heterocycles. The Morgan fingerprint density at radius 2 is 2.32 bits per heavy atom. The highest BCUT2D eigenvalue weighted by Gasteiger charge is 2.17. The second kappa shape index (κ2) is 7.60. The molecule has 1 aromatic rings. The molecular formula is C14H20BrClN2O. The monoisotopic (exact) mass is 346 g/mol. The van der Waals surface area contributed by atoms with Crippen molar-refractivity contribution >= 4 is 27.5 Å². The van der Waals surface area contributed by atoms with Crippen molar-refractivity contribution in [2.45, 2.75) is 25.4 Å². The van der Waals surface area contributed by atoms with Gasteiger partial charge in [-0.1, -0.05) is 17.7 Å². The largest absolute Gasteiger partial charge is 0.395 e. The van der Waals surface area contributed by atoms with Gasteiger partial charge in [-0.2, -0.15) is 0 Å². The minimum Gasteiger partial charge on any atom is -0.395 e. The van der Waals surface area contributed by atoms with E-state index in [1.54, 1.807) is 0 Å². The third kappa shape index (κ3) is 4.72. The van der Waals surface area contributed by atoms with Gasteiger partial charge in [-0.15, -0.1) is 0 Å². The number of nitrogens with zero attached hydrogens (tertiary/aromatic N) is 1. The molecule has 0 aromatic heterocycles. The Bertz CT molecular complexity index is 410. The Kier molecular flexibility index (Phi) is 6.10. The Balaban J connectivity index is 1.96. The fraction of sp³-hybridized carbons (Fsp3) is 0.571. The van der Waals surface area contributed by atoms with Crippen molar-refractivity contribution in [3.8, 4) is 0 Å². The van der Waals surface area contributed by atoms with Crippen molar-refractivity contribution in [2.24, 2.45) is 0 Å². The van der Waals surface area contributed by atoms with Crippen LogP contribution in [0.25, 0.3) is 0 Å². The van der Waals surface area contributed by atoms with Gasteiger partial charge >= 0.3 is 0 Å². The number of rotatable bonds is 6. The molecule has 1 aliphatic rings. The maximum Gasteiger partial charge on any atom is 0.0558 e. The standard InChI is InChI=1S/C14H20BrClN2O/c15-13-4-3-11(8-14(13)16)9-18(6-7-19)10-12-2-1-5-17-12/h3-4,8,12,17,19H,1-2,5-7,9-10H2. The molecule has 1 aromatic carbocycles. The molecule has 1 atom stereocenters. The topological polar surface area (TPSA) is 35.5 Å². The molecule has 1 heterocycles. The second-order valence-electron chi connectivity index (χ2n) is 5.00. The van der Waals surface area contributed by atoms with Crippen LogP contribution in [0.15, 0.2) is 22.7 Å². The van der Waals surface area contributed by atoms with E-state index in [1.807, 2.05) is 12.1 Å². The molecule has 1 aliphatic heterocycles. The van der Waals surface area contributed by atoms with Crippen LogP contribution < -0.4 is 5.32 Å². The highest BCUT2D eigenvalue weighted by molar-refractivity contribution is 9.10. The minimum atomic E-state index is 0.191. The number of hydrogen-bond donors (Lipinski definition) is 2. The first-order valence-electron chi connectivity index (χ1n) is 6.69. The van der Waals surface area contributed by atoms with Crippen LogP contribution in [0, 0.1) is 0 Å². The molecule has 19 heavy (non-hydrogen) atoms. The van der Waals surface area contributed by atoms with Gasteiger partial charge in [0.2, 0.25) is 0 Å². The van der Waals surface area contributed by atoms with E-state index in [0.29, 0.717) is 12.6 Å². The van der Waals surface area contributed by atoms with Crippen molar-refractivity contribution in [1.29, 1.82) is 0 Å². The predicted octanol–water partition coefficient (Wildman–Crippen LogP) is 2.65. The van der Waals surface area contributed by atoms with Crippen LogP contribution in [0.4, 0.5) is 0 Å². The summed E-state index contributed by atoms with van der Waals surface area (Å²) in [5, 5.41) is 13.4. The van der Waals surface area contributed by atoms with Gasteiger partial charge in [0, 0.05) is 30.1 Å². The van der Waals surface area contributed by atoms with Crippen molar-refractivity contribution in [3.05, 3.63) is 33.3 Å². The summed E-state index contributed by atoms with van der Waals surface area (Å²) < 4.78 is 0.920. The summed E-state index contributed by atoms with van der Waals surface area (Å²) in [5.41, 5.74) is 1.18. The average Bonchev–Trinajstić information content (AvgIpc) is 2.87. The lowest BCUT2D eigenvalue weighted by atomic mass is 10.1. The van der Waals surface area contributed by atoms with Crippen molar-refractivity contribution in [1.82, 2.24) is 10.2 Å². The summed E-state index contributed by atoms with van der Waals surface area (Å²) in [6.45, 7) is 3.81. The van der Waals surface area contributed by atoms with E-state index in [2.05, 4.69) is 32.2 Å². The number of nitrogens with one attached hydrogen (secondary N) is 1. The molecule has 2 rings (SSSR count). The molecule has 0 saturated carbocycles. The van der Waals surface area contributed by atoms with Gasteiger partial charge in [-0.05, 0) is 53.0 Å². The molecule has 2 N–H and O–H groups in total. The van der Waals surface area contributed by atoms with Crippen LogP contribution in [0.5, 0.6) is 0 Å². The number of aliphatic hydroxyl groups is 1. The fourth-order valence-electron chi connectivity index (χ4n) is 2.50. The average molecular weight is 348 g/mol.